The van der Waals surface area contributed by atoms with Crippen molar-refractivity contribution < 1.29 is 19.6 Å². The molecule has 2 saturated heterocycles. The molecule has 2 N–H and O–H groups in total. The fourth-order valence-corrected chi connectivity index (χ4v) is 5.48. The van der Waals surface area contributed by atoms with Crippen LogP contribution in [0.2, 0.25) is 0 Å². The summed E-state index contributed by atoms with van der Waals surface area (Å²) in [5, 5.41) is 8.79. The summed E-state index contributed by atoms with van der Waals surface area (Å²) in [6.45, 7) is 12.0. The van der Waals surface area contributed by atoms with Crippen molar-refractivity contribution in [2.45, 2.75) is 45.9 Å². The van der Waals surface area contributed by atoms with Gasteiger partial charge in [0.1, 0.15) is 0 Å². The zero-order valence-electron chi connectivity index (χ0n) is 21.9. The van der Waals surface area contributed by atoms with E-state index in [2.05, 4.69) is 29.7 Å². The minimum absolute atomic E-state index is 0.0546. The van der Waals surface area contributed by atoms with E-state index >= 15 is 0 Å². The highest BCUT2D eigenvalue weighted by Crippen LogP contribution is 2.22. The van der Waals surface area contributed by atoms with Gasteiger partial charge in [-0.05, 0) is 49.2 Å². The number of hydroxylamine groups is 1. The number of piperazine rings is 2. The molecular weight excluding hydrogens is 470 g/mol. The van der Waals surface area contributed by atoms with Gasteiger partial charge in [-0.25, -0.2) is 5.48 Å². The first-order chi connectivity index (χ1) is 17.7. The molecule has 3 amide bonds. The number of carbonyl (C=O) groups excluding carboxylic acids is 3. The molecule has 2 aliphatic heterocycles. The molecule has 2 aliphatic rings. The van der Waals surface area contributed by atoms with Crippen LogP contribution in [0.25, 0.3) is 0 Å². The lowest BCUT2D eigenvalue weighted by Gasteiger charge is -2.44. The van der Waals surface area contributed by atoms with Gasteiger partial charge in [0.25, 0.3) is 11.8 Å². The van der Waals surface area contributed by atoms with E-state index in [1.54, 1.807) is 24.5 Å². The van der Waals surface area contributed by atoms with E-state index in [-0.39, 0.29) is 23.9 Å². The first-order valence-electron chi connectivity index (χ1n) is 12.9. The van der Waals surface area contributed by atoms with Gasteiger partial charge in [0.05, 0.1) is 0 Å². The first kappa shape index (κ1) is 26.8. The van der Waals surface area contributed by atoms with E-state index in [0.717, 1.165) is 63.5 Å². The normalized spacial score (nSPS) is 21.1. The summed E-state index contributed by atoms with van der Waals surface area (Å²) in [6.07, 6.45) is 0. The van der Waals surface area contributed by atoms with Crippen LogP contribution in [0.1, 0.15) is 52.6 Å². The zero-order chi connectivity index (χ0) is 26.5. The van der Waals surface area contributed by atoms with Crippen molar-refractivity contribution in [1.29, 1.82) is 0 Å². The predicted molar refractivity (Wildman–Crippen MR) is 140 cm³/mol. The first-order valence-corrected chi connectivity index (χ1v) is 12.9. The molecule has 0 bridgehead atoms. The summed E-state index contributed by atoms with van der Waals surface area (Å²) in [5.74, 6) is -0.344. The minimum Gasteiger partial charge on any atom is -0.340 e. The number of carbonyl (C=O) groups is 3. The summed E-state index contributed by atoms with van der Waals surface area (Å²) in [6, 6.07) is 15.2. The molecule has 9 nitrogen and oxygen atoms in total. The Balaban J connectivity index is 1.35. The van der Waals surface area contributed by atoms with Gasteiger partial charge in [0.15, 0.2) is 0 Å². The molecule has 2 atom stereocenters. The Labute approximate surface area is 218 Å². The number of hydrogen-bond acceptors (Lipinski definition) is 6. The Morgan fingerprint density at radius 2 is 1.46 bits per heavy atom. The average Bonchev–Trinajstić information content (AvgIpc) is 2.88. The fraction of sp³-hybridized carbons (Fsp3) is 0.464. The van der Waals surface area contributed by atoms with Gasteiger partial charge < -0.3 is 9.80 Å². The standard InChI is InChI=1S/C28H37N5O4/c1-20-16-31(18-23-7-9-25(10-8-23)27(35)29-37)17-21(2)33(20)28(36)26-6-4-5-24(15-26)19-30-11-13-32(14-12-30)22(3)34/h4-10,15,20-21,37H,11-14,16-19H2,1-3H3,(H,29,35)/t20-,21+. The summed E-state index contributed by atoms with van der Waals surface area (Å²) < 4.78 is 0. The molecule has 0 aromatic heterocycles. The number of nitrogens with zero attached hydrogens (tertiary/aromatic N) is 4. The molecule has 9 heteroatoms. The van der Waals surface area contributed by atoms with E-state index < -0.39 is 5.91 Å². The zero-order valence-corrected chi connectivity index (χ0v) is 21.9. The number of nitrogens with one attached hydrogen (secondary N) is 1. The number of hydrogen-bond donors (Lipinski definition) is 2. The number of rotatable bonds is 6. The molecule has 0 aliphatic carbocycles. The van der Waals surface area contributed by atoms with Crippen LogP contribution in [0.4, 0.5) is 0 Å². The molecule has 0 radical (unpaired) electrons. The molecule has 2 aromatic carbocycles. The Morgan fingerprint density at radius 1 is 0.838 bits per heavy atom. The summed E-state index contributed by atoms with van der Waals surface area (Å²) in [4.78, 5) is 45.2. The van der Waals surface area contributed by atoms with Gasteiger partial charge in [-0.2, -0.15) is 0 Å². The molecule has 37 heavy (non-hydrogen) atoms. The highest BCUT2D eigenvalue weighted by atomic mass is 16.5. The van der Waals surface area contributed by atoms with Crippen LogP contribution in [0.5, 0.6) is 0 Å². The number of amides is 3. The SMILES string of the molecule is CC(=O)N1CCN(Cc2cccc(C(=O)N3[C@H](C)CN(Cc4ccc(C(=O)NO)cc4)C[C@@H]3C)c2)CC1. The molecule has 2 heterocycles. The quantitative estimate of drug-likeness (QED) is 0.460. The van der Waals surface area contributed by atoms with Gasteiger partial charge in [-0.3, -0.25) is 29.4 Å². The third-order valence-corrected chi connectivity index (χ3v) is 7.35. The van der Waals surface area contributed by atoms with E-state index in [0.29, 0.717) is 11.1 Å². The van der Waals surface area contributed by atoms with Crippen LogP contribution in [-0.2, 0) is 17.9 Å². The number of benzene rings is 2. The highest BCUT2D eigenvalue weighted by molar-refractivity contribution is 5.95. The van der Waals surface area contributed by atoms with Crippen LogP contribution in [0.15, 0.2) is 48.5 Å². The molecule has 0 spiro atoms. The van der Waals surface area contributed by atoms with Crippen LogP contribution in [0, 0.1) is 0 Å². The van der Waals surface area contributed by atoms with Crippen LogP contribution in [0.3, 0.4) is 0 Å². The van der Waals surface area contributed by atoms with E-state index in [1.807, 2.05) is 40.1 Å². The Hall–Kier alpha value is -3.27. The molecule has 4 rings (SSSR count). The van der Waals surface area contributed by atoms with Gasteiger partial charge in [0.2, 0.25) is 5.91 Å². The van der Waals surface area contributed by atoms with Gasteiger partial charge in [-0.15, -0.1) is 0 Å². The summed E-state index contributed by atoms with van der Waals surface area (Å²) in [5.41, 5.74) is 4.95. The third-order valence-electron chi connectivity index (χ3n) is 7.35. The third kappa shape index (κ3) is 6.54. The Morgan fingerprint density at radius 3 is 2.05 bits per heavy atom. The van der Waals surface area contributed by atoms with Gasteiger partial charge >= 0.3 is 0 Å². The minimum atomic E-state index is -0.527. The second kappa shape index (κ2) is 11.9. The summed E-state index contributed by atoms with van der Waals surface area (Å²) in [7, 11) is 0. The molecule has 2 aromatic rings. The van der Waals surface area contributed by atoms with Crippen molar-refractivity contribution in [3.05, 3.63) is 70.8 Å². The summed E-state index contributed by atoms with van der Waals surface area (Å²) >= 11 is 0. The lowest BCUT2D eigenvalue weighted by atomic mass is 10.0. The Bertz CT molecular complexity index is 1100. The molecule has 198 valence electrons. The maximum atomic E-state index is 13.6. The van der Waals surface area contributed by atoms with Crippen molar-refractivity contribution in [1.82, 2.24) is 25.1 Å². The van der Waals surface area contributed by atoms with Crippen molar-refractivity contribution in [2.75, 3.05) is 39.3 Å². The molecule has 0 saturated carbocycles. The maximum absolute atomic E-state index is 13.6. The van der Waals surface area contributed by atoms with Crippen LogP contribution >= 0.6 is 0 Å². The molecule has 0 unspecified atom stereocenters. The van der Waals surface area contributed by atoms with Crippen LogP contribution in [-0.4, -0.2) is 93.9 Å². The van der Waals surface area contributed by atoms with E-state index in [4.69, 9.17) is 5.21 Å². The average molecular weight is 508 g/mol. The second-order valence-corrected chi connectivity index (χ2v) is 10.2. The van der Waals surface area contributed by atoms with Gasteiger partial charge in [0, 0.05) is 82.5 Å². The monoisotopic (exact) mass is 507 g/mol. The maximum Gasteiger partial charge on any atom is 0.274 e. The fourth-order valence-electron chi connectivity index (χ4n) is 5.48. The van der Waals surface area contributed by atoms with Gasteiger partial charge in [-0.1, -0.05) is 24.3 Å². The highest BCUT2D eigenvalue weighted by Gasteiger charge is 2.33. The Kier molecular flexibility index (Phi) is 8.58. The lowest BCUT2D eigenvalue weighted by Crippen LogP contribution is -2.58. The molecular formula is C28H37N5O4. The smallest absolute Gasteiger partial charge is 0.274 e. The van der Waals surface area contributed by atoms with Crippen molar-refractivity contribution in [3.63, 3.8) is 0 Å². The topological polar surface area (TPSA) is 96.4 Å². The van der Waals surface area contributed by atoms with Crippen molar-refractivity contribution in [2.24, 2.45) is 0 Å². The van der Waals surface area contributed by atoms with E-state index in [9.17, 15) is 14.4 Å². The van der Waals surface area contributed by atoms with E-state index in [1.165, 1.54) is 0 Å². The second-order valence-electron chi connectivity index (χ2n) is 10.2. The van der Waals surface area contributed by atoms with Crippen molar-refractivity contribution >= 4 is 17.7 Å². The molecule has 2 fully saturated rings. The lowest BCUT2D eigenvalue weighted by molar-refractivity contribution is -0.130. The van der Waals surface area contributed by atoms with Crippen molar-refractivity contribution in [3.8, 4) is 0 Å². The van der Waals surface area contributed by atoms with Crippen LogP contribution < -0.4 is 5.48 Å². The predicted octanol–water partition coefficient (Wildman–Crippen LogP) is 2.20. The largest absolute Gasteiger partial charge is 0.340 e.